The highest BCUT2D eigenvalue weighted by atomic mass is 35.5. The zero-order valence-electron chi connectivity index (χ0n) is 17.5. The third-order valence-corrected chi connectivity index (χ3v) is 5.41. The predicted octanol–water partition coefficient (Wildman–Crippen LogP) is 6.87. The number of benzene rings is 3. The minimum Gasteiger partial charge on any atom is -0.450 e. The maximum atomic E-state index is 13.1. The van der Waals surface area contributed by atoms with E-state index in [1.165, 1.54) is 0 Å². The number of rotatable bonds is 4. The molecule has 0 aliphatic carbocycles. The van der Waals surface area contributed by atoms with Crippen molar-refractivity contribution in [3.05, 3.63) is 100 Å². The van der Waals surface area contributed by atoms with Crippen LogP contribution >= 0.6 is 11.6 Å². The fourth-order valence-corrected chi connectivity index (χ4v) is 3.50. The van der Waals surface area contributed by atoms with E-state index < -0.39 is 0 Å². The molecular formula is C26H22ClNO3. The molecule has 1 heterocycles. The second-order valence-corrected chi connectivity index (χ2v) is 8.86. The number of halogens is 1. The zero-order chi connectivity index (χ0) is 22.2. The molecule has 0 aliphatic heterocycles. The first-order valence-corrected chi connectivity index (χ1v) is 10.4. The first-order valence-electron chi connectivity index (χ1n) is 9.98. The van der Waals surface area contributed by atoms with E-state index in [0.29, 0.717) is 32.8 Å². The van der Waals surface area contributed by atoms with E-state index >= 15 is 0 Å². The van der Waals surface area contributed by atoms with E-state index in [0.717, 1.165) is 5.56 Å². The smallest absolute Gasteiger partial charge is 0.255 e. The highest BCUT2D eigenvalue weighted by Crippen LogP contribution is 2.33. The molecule has 4 rings (SSSR count). The van der Waals surface area contributed by atoms with Gasteiger partial charge in [0, 0.05) is 21.5 Å². The van der Waals surface area contributed by atoms with Crippen molar-refractivity contribution in [2.24, 2.45) is 0 Å². The Morgan fingerprint density at radius 2 is 1.45 bits per heavy atom. The molecule has 0 unspecified atom stereocenters. The monoisotopic (exact) mass is 431 g/mol. The molecule has 31 heavy (non-hydrogen) atoms. The number of carbonyl (C=O) groups excluding carboxylic acids is 2. The van der Waals surface area contributed by atoms with E-state index in [1.807, 2.05) is 30.3 Å². The minimum atomic E-state index is -0.328. The highest BCUT2D eigenvalue weighted by Gasteiger charge is 2.24. The summed E-state index contributed by atoms with van der Waals surface area (Å²) in [7, 11) is 0. The van der Waals surface area contributed by atoms with Gasteiger partial charge in [-0.25, -0.2) is 0 Å². The molecule has 156 valence electrons. The van der Waals surface area contributed by atoms with Crippen LogP contribution in [0.2, 0.25) is 5.02 Å². The molecule has 1 aromatic heterocycles. The number of para-hydroxylation sites is 1. The summed E-state index contributed by atoms with van der Waals surface area (Å²) in [6, 6.07) is 21.3. The Kier molecular flexibility index (Phi) is 5.42. The number of furan rings is 1. The molecular weight excluding hydrogens is 410 g/mol. The molecule has 1 N–H and O–H groups in total. The standard InChI is InChI=1S/C26H22ClNO3/c1-26(2,3)18-12-8-17(9-13-18)25(30)28-22-20-6-4-5-7-21(20)31-24(22)23(29)16-10-14-19(27)15-11-16/h4-15H,1-3H3,(H,28,30). The average molecular weight is 432 g/mol. The van der Waals surface area contributed by atoms with Gasteiger partial charge in [0.1, 0.15) is 5.58 Å². The van der Waals surface area contributed by atoms with Crippen molar-refractivity contribution in [1.29, 1.82) is 0 Å². The number of amides is 1. The van der Waals surface area contributed by atoms with Crippen LogP contribution in [0, 0.1) is 0 Å². The lowest BCUT2D eigenvalue weighted by Crippen LogP contribution is -2.15. The van der Waals surface area contributed by atoms with Gasteiger partial charge in [0.15, 0.2) is 5.76 Å². The molecule has 0 radical (unpaired) electrons. The minimum absolute atomic E-state index is 0.00602. The van der Waals surface area contributed by atoms with Crippen molar-refractivity contribution < 1.29 is 14.0 Å². The van der Waals surface area contributed by atoms with Crippen LogP contribution in [0.1, 0.15) is 52.8 Å². The van der Waals surface area contributed by atoms with Crippen LogP contribution in [0.3, 0.4) is 0 Å². The van der Waals surface area contributed by atoms with Crippen LogP contribution < -0.4 is 5.32 Å². The molecule has 1 amide bonds. The number of hydrogen-bond donors (Lipinski definition) is 1. The van der Waals surface area contributed by atoms with Gasteiger partial charge >= 0.3 is 0 Å². The van der Waals surface area contributed by atoms with Crippen molar-refractivity contribution in [1.82, 2.24) is 0 Å². The van der Waals surface area contributed by atoms with Crippen LogP contribution in [0.4, 0.5) is 5.69 Å². The van der Waals surface area contributed by atoms with E-state index in [4.69, 9.17) is 16.0 Å². The van der Waals surface area contributed by atoms with Gasteiger partial charge in [-0.15, -0.1) is 0 Å². The first kappa shape index (κ1) is 20.9. The summed E-state index contributed by atoms with van der Waals surface area (Å²) in [6.07, 6.45) is 0. The van der Waals surface area contributed by atoms with E-state index in [2.05, 4.69) is 26.1 Å². The molecule has 0 atom stereocenters. The van der Waals surface area contributed by atoms with Crippen LogP contribution in [-0.2, 0) is 5.41 Å². The number of fused-ring (bicyclic) bond motifs is 1. The quantitative estimate of drug-likeness (QED) is 0.359. The average Bonchev–Trinajstić information content (AvgIpc) is 3.11. The third-order valence-electron chi connectivity index (χ3n) is 5.16. The number of nitrogens with one attached hydrogen (secondary N) is 1. The summed E-state index contributed by atoms with van der Waals surface area (Å²) in [4.78, 5) is 26.1. The molecule has 0 bridgehead atoms. The maximum Gasteiger partial charge on any atom is 0.255 e. The maximum absolute atomic E-state index is 13.1. The van der Waals surface area contributed by atoms with Crippen molar-refractivity contribution in [3.8, 4) is 0 Å². The molecule has 0 fully saturated rings. The first-order chi connectivity index (χ1) is 14.7. The molecule has 3 aromatic carbocycles. The predicted molar refractivity (Wildman–Crippen MR) is 124 cm³/mol. The van der Waals surface area contributed by atoms with E-state index in [9.17, 15) is 9.59 Å². The Bertz CT molecular complexity index is 1260. The van der Waals surface area contributed by atoms with Crippen LogP contribution in [0.5, 0.6) is 0 Å². The van der Waals surface area contributed by atoms with Crippen molar-refractivity contribution in [2.75, 3.05) is 5.32 Å². The topological polar surface area (TPSA) is 59.3 Å². The lowest BCUT2D eigenvalue weighted by Gasteiger charge is -2.19. The Hall–Kier alpha value is -3.37. The van der Waals surface area contributed by atoms with Crippen molar-refractivity contribution in [3.63, 3.8) is 0 Å². The number of carbonyl (C=O) groups is 2. The van der Waals surface area contributed by atoms with Gasteiger partial charge in [-0.05, 0) is 59.5 Å². The SMILES string of the molecule is CC(C)(C)c1ccc(C(=O)Nc2c(C(=O)c3ccc(Cl)cc3)oc3ccccc23)cc1. The Balaban J connectivity index is 1.71. The summed E-state index contributed by atoms with van der Waals surface area (Å²) in [5.74, 6) is -0.549. The summed E-state index contributed by atoms with van der Waals surface area (Å²) < 4.78 is 5.85. The Labute approximate surface area is 185 Å². The van der Waals surface area contributed by atoms with Gasteiger partial charge < -0.3 is 9.73 Å². The van der Waals surface area contributed by atoms with Crippen LogP contribution in [0.25, 0.3) is 11.0 Å². The molecule has 0 aliphatic rings. The summed E-state index contributed by atoms with van der Waals surface area (Å²) >= 11 is 5.94. The molecule has 4 aromatic rings. The molecule has 0 saturated heterocycles. The van der Waals surface area contributed by atoms with Gasteiger partial charge in [0.25, 0.3) is 5.91 Å². The van der Waals surface area contributed by atoms with E-state index in [1.54, 1.807) is 42.5 Å². The number of ketones is 1. The Morgan fingerprint density at radius 3 is 2.10 bits per heavy atom. The van der Waals surface area contributed by atoms with Crippen molar-refractivity contribution >= 4 is 39.9 Å². The van der Waals surface area contributed by atoms with Gasteiger partial charge in [0.2, 0.25) is 5.78 Å². The normalized spacial score (nSPS) is 11.5. The molecule has 4 nitrogen and oxygen atoms in total. The number of anilines is 1. The van der Waals surface area contributed by atoms with Crippen molar-refractivity contribution in [2.45, 2.75) is 26.2 Å². The lowest BCUT2D eigenvalue weighted by atomic mass is 9.86. The fraction of sp³-hybridized carbons (Fsp3) is 0.154. The fourth-order valence-electron chi connectivity index (χ4n) is 3.37. The summed E-state index contributed by atoms with van der Waals surface area (Å²) in [6.45, 7) is 6.36. The largest absolute Gasteiger partial charge is 0.450 e. The highest BCUT2D eigenvalue weighted by molar-refractivity contribution is 6.30. The lowest BCUT2D eigenvalue weighted by molar-refractivity contribution is 0.101. The summed E-state index contributed by atoms with van der Waals surface area (Å²) in [5, 5.41) is 4.09. The second kappa shape index (κ2) is 8.05. The number of hydrogen-bond acceptors (Lipinski definition) is 3. The van der Waals surface area contributed by atoms with Gasteiger partial charge in [-0.2, -0.15) is 0 Å². The van der Waals surface area contributed by atoms with Crippen LogP contribution in [-0.4, -0.2) is 11.7 Å². The van der Waals surface area contributed by atoms with E-state index in [-0.39, 0.29) is 22.9 Å². The second-order valence-electron chi connectivity index (χ2n) is 8.42. The van der Waals surface area contributed by atoms with Gasteiger partial charge in [-0.3, -0.25) is 9.59 Å². The van der Waals surface area contributed by atoms with Gasteiger partial charge in [-0.1, -0.05) is 56.6 Å². The zero-order valence-corrected chi connectivity index (χ0v) is 18.3. The molecule has 0 spiro atoms. The van der Waals surface area contributed by atoms with Gasteiger partial charge in [0.05, 0.1) is 5.69 Å². The van der Waals surface area contributed by atoms with Crippen LogP contribution in [0.15, 0.2) is 77.2 Å². The Morgan fingerprint density at radius 1 is 0.839 bits per heavy atom. The molecule has 0 saturated carbocycles. The summed E-state index contributed by atoms with van der Waals surface area (Å²) in [5.41, 5.74) is 2.94. The molecule has 5 heteroatoms. The third kappa shape index (κ3) is 4.25.